The predicted molar refractivity (Wildman–Crippen MR) is 37.9 cm³/mol. The summed E-state index contributed by atoms with van der Waals surface area (Å²) in [4.78, 5) is 22.9. The number of rotatable bonds is 1. The van der Waals surface area contributed by atoms with Gasteiger partial charge in [-0.15, -0.1) is 0 Å². The monoisotopic (exact) mass is 155 g/mol. The van der Waals surface area contributed by atoms with Crippen molar-refractivity contribution in [2.75, 3.05) is 7.05 Å². The maximum absolute atomic E-state index is 11.2. The summed E-state index contributed by atoms with van der Waals surface area (Å²) in [5.41, 5.74) is -1.16. The predicted octanol–water partition coefficient (Wildman–Crippen LogP) is 0.540. The highest BCUT2D eigenvalue weighted by atomic mass is 16.6. The summed E-state index contributed by atoms with van der Waals surface area (Å²) < 4.78 is 4.74. The summed E-state index contributed by atoms with van der Waals surface area (Å²) in [5.74, 6) is -0.377. The average Bonchev–Trinajstić information content (AvgIpc) is 2.17. The van der Waals surface area contributed by atoms with E-state index in [1.54, 1.807) is 0 Å². The first-order valence-corrected chi connectivity index (χ1v) is 3.16. The standard InChI is InChI=1S/C7H9NO3/c1-4-7(2)5(9)8(3)6(10)11-7/h4H,1H2,2-3H3. The number of hydrogen-bond acceptors (Lipinski definition) is 3. The fraction of sp³-hybridized carbons (Fsp3) is 0.429. The molecule has 11 heavy (non-hydrogen) atoms. The van der Waals surface area contributed by atoms with Crippen molar-refractivity contribution < 1.29 is 14.3 Å². The minimum absolute atomic E-state index is 0.377. The van der Waals surface area contributed by atoms with Crippen LogP contribution in [0.25, 0.3) is 0 Å². The molecule has 0 aliphatic carbocycles. The van der Waals surface area contributed by atoms with Crippen molar-refractivity contribution in [3.63, 3.8) is 0 Å². The molecule has 2 amide bonds. The Morgan fingerprint density at radius 1 is 1.64 bits per heavy atom. The van der Waals surface area contributed by atoms with E-state index in [1.807, 2.05) is 0 Å². The summed E-state index contributed by atoms with van der Waals surface area (Å²) in [6.07, 6.45) is 0.689. The molecule has 1 fully saturated rings. The van der Waals surface area contributed by atoms with Crippen LogP contribution in [0.15, 0.2) is 12.7 Å². The number of hydrogen-bond donors (Lipinski definition) is 0. The van der Waals surface area contributed by atoms with E-state index in [2.05, 4.69) is 6.58 Å². The first kappa shape index (κ1) is 7.78. The molecular weight excluding hydrogens is 146 g/mol. The first-order chi connectivity index (χ1) is 5.01. The molecule has 0 N–H and O–H groups in total. The molecule has 1 unspecified atom stereocenters. The van der Waals surface area contributed by atoms with Crippen LogP contribution in [0.2, 0.25) is 0 Å². The van der Waals surface area contributed by atoms with Gasteiger partial charge < -0.3 is 4.74 Å². The molecule has 1 saturated heterocycles. The number of nitrogens with zero attached hydrogens (tertiary/aromatic N) is 1. The van der Waals surface area contributed by atoms with Crippen molar-refractivity contribution >= 4 is 12.0 Å². The Hall–Kier alpha value is -1.32. The summed E-state index contributed by atoms with van der Waals surface area (Å²) >= 11 is 0. The topological polar surface area (TPSA) is 46.6 Å². The van der Waals surface area contributed by atoms with Gasteiger partial charge in [0.1, 0.15) is 0 Å². The lowest BCUT2D eigenvalue weighted by molar-refractivity contribution is -0.132. The molecule has 1 rings (SSSR count). The maximum Gasteiger partial charge on any atom is 0.417 e. The van der Waals surface area contributed by atoms with E-state index in [4.69, 9.17) is 4.74 Å². The fourth-order valence-electron chi connectivity index (χ4n) is 0.838. The van der Waals surface area contributed by atoms with Crippen LogP contribution in [0.1, 0.15) is 6.92 Å². The lowest BCUT2D eigenvalue weighted by Crippen LogP contribution is -2.34. The third-order valence-corrected chi connectivity index (χ3v) is 1.69. The van der Waals surface area contributed by atoms with Crippen molar-refractivity contribution in [1.82, 2.24) is 4.90 Å². The smallest absolute Gasteiger partial charge is 0.417 e. The van der Waals surface area contributed by atoms with E-state index in [1.165, 1.54) is 20.0 Å². The van der Waals surface area contributed by atoms with E-state index in [-0.39, 0.29) is 5.91 Å². The zero-order valence-electron chi connectivity index (χ0n) is 6.46. The molecule has 0 aromatic carbocycles. The number of imide groups is 1. The van der Waals surface area contributed by atoms with Crippen LogP contribution in [0.3, 0.4) is 0 Å². The maximum atomic E-state index is 11.2. The summed E-state index contributed by atoms with van der Waals surface area (Å²) in [5, 5.41) is 0. The quantitative estimate of drug-likeness (QED) is 0.519. The zero-order valence-corrected chi connectivity index (χ0v) is 6.46. The second-order valence-corrected chi connectivity index (χ2v) is 2.54. The molecule has 1 atom stereocenters. The van der Waals surface area contributed by atoms with Gasteiger partial charge in [0, 0.05) is 7.05 Å². The van der Waals surface area contributed by atoms with Crippen molar-refractivity contribution in [1.29, 1.82) is 0 Å². The van der Waals surface area contributed by atoms with Crippen molar-refractivity contribution in [3.05, 3.63) is 12.7 Å². The van der Waals surface area contributed by atoms with E-state index in [0.29, 0.717) is 0 Å². The van der Waals surface area contributed by atoms with Crippen LogP contribution in [0.5, 0.6) is 0 Å². The third-order valence-electron chi connectivity index (χ3n) is 1.69. The number of likely N-dealkylation sites (N-methyl/N-ethyl adjacent to an activating group) is 1. The van der Waals surface area contributed by atoms with Crippen molar-refractivity contribution in [2.24, 2.45) is 0 Å². The summed E-state index contributed by atoms with van der Waals surface area (Å²) in [7, 11) is 1.37. The molecule has 1 aliphatic heterocycles. The average molecular weight is 155 g/mol. The van der Waals surface area contributed by atoms with Crippen LogP contribution in [-0.4, -0.2) is 29.5 Å². The minimum Gasteiger partial charge on any atom is -0.428 e. The van der Waals surface area contributed by atoms with Crippen LogP contribution < -0.4 is 0 Å². The molecule has 4 nitrogen and oxygen atoms in total. The van der Waals surface area contributed by atoms with Crippen LogP contribution >= 0.6 is 0 Å². The number of carbonyl (C=O) groups excluding carboxylic acids is 2. The van der Waals surface area contributed by atoms with Gasteiger partial charge in [-0.2, -0.15) is 0 Å². The largest absolute Gasteiger partial charge is 0.428 e. The second-order valence-electron chi connectivity index (χ2n) is 2.54. The van der Waals surface area contributed by atoms with E-state index < -0.39 is 11.7 Å². The lowest BCUT2D eigenvalue weighted by Gasteiger charge is -2.12. The summed E-state index contributed by atoms with van der Waals surface area (Å²) in [6, 6.07) is 0. The van der Waals surface area contributed by atoms with E-state index in [0.717, 1.165) is 4.90 Å². The van der Waals surface area contributed by atoms with Gasteiger partial charge in [0.2, 0.25) is 5.60 Å². The first-order valence-electron chi connectivity index (χ1n) is 3.16. The number of amides is 2. The number of ether oxygens (including phenoxy) is 1. The third kappa shape index (κ3) is 0.906. The van der Waals surface area contributed by atoms with E-state index in [9.17, 15) is 9.59 Å². The molecule has 0 radical (unpaired) electrons. The Kier molecular flexibility index (Phi) is 1.47. The van der Waals surface area contributed by atoms with Gasteiger partial charge in [-0.05, 0) is 13.0 Å². The Morgan fingerprint density at radius 3 is 2.36 bits per heavy atom. The Bertz CT molecular complexity index is 236. The molecule has 4 heteroatoms. The highest BCUT2D eigenvalue weighted by molar-refractivity contribution is 6.03. The van der Waals surface area contributed by atoms with Crippen molar-refractivity contribution in [2.45, 2.75) is 12.5 Å². The van der Waals surface area contributed by atoms with Crippen LogP contribution in [0, 0.1) is 0 Å². The van der Waals surface area contributed by atoms with Crippen molar-refractivity contribution in [3.8, 4) is 0 Å². The number of cyclic esters (lactones) is 1. The Labute approximate surface area is 64.4 Å². The molecule has 60 valence electrons. The second kappa shape index (κ2) is 2.08. The highest BCUT2D eigenvalue weighted by Crippen LogP contribution is 2.23. The SMILES string of the molecule is C=CC1(C)OC(=O)N(C)C1=O. The summed E-state index contributed by atoms with van der Waals surface area (Å²) in [6.45, 7) is 4.91. The molecule has 1 heterocycles. The van der Waals surface area contributed by atoms with Gasteiger partial charge in [0.05, 0.1) is 0 Å². The van der Waals surface area contributed by atoms with Gasteiger partial charge in [-0.25, -0.2) is 9.69 Å². The fourth-order valence-corrected chi connectivity index (χ4v) is 0.838. The lowest BCUT2D eigenvalue weighted by atomic mass is 10.1. The van der Waals surface area contributed by atoms with Gasteiger partial charge in [0.15, 0.2) is 0 Å². The molecule has 0 aromatic rings. The highest BCUT2D eigenvalue weighted by Gasteiger charge is 2.46. The van der Waals surface area contributed by atoms with Gasteiger partial charge in [0.25, 0.3) is 5.91 Å². The number of carbonyl (C=O) groups is 2. The normalized spacial score (nSPS) is 30.5. The Balaban J connectivity index is 3.00. The van der Waals surface area contributed by atoms with Gasteiger partial charge in [-0.1, -0.05) is 6.58 Å². The van der Waals surface area contributed by atoms with Gasteiger partial charge >= 0.3 is 6.09 Å². The van der Waals surface area contributed by atoms with E-state index >= 15 is 0 Å². The van der Waals surface area contributed by atoms with Gasteiger partial charge in [-0.3, -0.25) is 4.79 Å². The minimum atomic E-state index is -1.16. The molecule has 0 bridgehead atoms. The molecule has 0 saturated carbocycles. The zero-order chi connectivity index (χ0) is 8.65. The molecule has 1 aliphatic rings. The molecule has 0 spiro atoms. The molecule has 0 aromatic heterocycles. The van der Waals surface area contributed by atoms with Crippen LogP contribution in [0.4, 0.5) is 4.79 Å². The molecular formula is C7H9NO3. The van der Waals surface area contributed by atoms with Crippen LogP contribution in [-0.2, 0) is 9.53 Å². The Morgan fingerprint density at radius 2 is 2.18 bits per heavy atom.